The normalized spacial score (nSPS) is 24.1. The van der Waals surface area contributed by atoms with E-state index in [-0.39, 0.29) is 24.9 Å². The number of aromatic nitrogens is 2. The van der Waals surface area contributed by atoms with Crippen molar-refractivity contribution in [2.24, 2.45) is 0 Å². The van der Waals surface area contributed by atoms with Crippen LogP contribution in [-0.2, 0) is 22.7 Å². The van der Waals surface area contributed by atoms with Gasteiger partial charge in [-0.05, 0) is 0 Å². The summed E-state index contributed by atoms with van der Waals surface area (Å²) in [6.45, 7) is -0.733. The lowest BCUT2D eigenvalue weighted by atomic mass is 10.2. The molecule has 0 bridgehead atoms. The van der Waals surface area contributed by atoms with Crippen molar-refractivity contribution >= 4 is 15.6 Å². The zero-order valence-corrected chi connectivity index (χ0v) is 16.6. The summed E-state index contributed by atoms with van der Waals surface area (Å²) in [6, 6.07) is 1.07. The summed E-state index contributed by atoms with van der Waals surface area (Å²) < 4.78 is 36.1. The van der Waals surface area contributed by atoms with Crippen LogP contribution < -0.4 is 29.7 Å². The minimum absolute atomic E-state index is 0. The van der Waals surface area contributed by atoms with Crippen LogP contribution in [0.2, 0.25) is 0 Å². The van der Waals surface area contributed by atoms with Gasteiger partial charge in [-0.15, -0.1) is 0 Å². The number of H-pyrrole nitrogens is 1. The van der Waals surface area contributed by atoms with Crippen molar-refractivity contribution in [3.8, 4) is 0 Å². The molecule has 0 amide bonds. The highest BCUT2D eigenvalue weighted by molar-refractivity contribution is 7.60. The molecule has 0 aliphatic carbocycles. The van der Waals surface area contributed by atoms with E-state index in [1.165, 1.54) is 0 Å². The number of quaternary nitrogens is 3. The molecule has 0 radical (unpaired) electrons. The summed E-state index contributed by atoms with van der Waals surface area (Å²) in [5, 5.41) is 9.84. The molecular formula is C9H26N5O11P2+3. The number of nitrogens with one attached hydrogen (secondary N) is 1. The standard InChI is InChI=1S/C9H14N2O11P2.3H3N/c12-5-3-8(11-2-1-7(13)10-9(11)14)21-6(5)4-20-24(18,19)22-23(15,16)17;;;/h1-2,5-6,8,12H,3-4H2,(H,18,19)(H,10,13,14)(H2,15,16,17);3*1H3/p+3/t5-,6+,8+;;;/m0.../s1/i9+1,10+1,11+1;;;. The van der Waals surface area contributed by atoms with Gasteiger partial charge in [0.1, 0.15) is 12.3 Å². The average Bonchev–Trinajstić information content (AvgIpc) is 2.75. The highest BCUT2D eigenvalue weighted by atomic mass is 31.3. The van der Waals surface area contributed by atoms with Crippen LogP contribution in [0.1, 0.15) is 12.6 Å². The van der Waals surface area contributed by atoms with Crippen molar-refractivity contribution in [3.63, 3.8) is 0 Å². The fraction of sp³-hybridized carbons (Fsp3) is 0.556. The molecular weight excluding hydrogens is 419 g/mol. The maximum Gasteiger partial charge on any atom is 0.481 e. The zero-order valence-electron chi connectivity index (χ0n) is 14.8. The quantitative estimate of drug-likeness (QED) is 0.259. The lowest BCUT2D eigenvalue weighted by Crippen LogP contribution is -2.31. The van der Waals surface area contributed by atoms with Gasteiger partial charge in [0.2, 0.25) is 0 Å². The average molecular weight is 445 g/mol. The van der Waals surface area contributed by atoms with Crippen LogP contribution in [0.15, 0.2) is 21.9 Å². The van der Waals surface area contributed by atoms with E-state index >= 15 is 0 Å². The van der Waals surface area contributed by atoms with Crippen molar-refractivity contribution in [1.82, 2.24) is 28.0 Å². The zero-order chi connectivity index (χ0) is 18.1. The van der Waals surface area contributed by atoms with Gasteiger partial charge in [-0.25, -0.2) is 13.9 Å². The number of aromatic amines is 1. The molecule has 160 valence electrons. The van der Waals surface area contributed by atoms with E-state index in [1.54, 1.807) is 0 Å². The van der Waals surface area contributed by atoms with Crippen LogP contribution in [0.5, 0.6) is 0 Å². The number of hydrogen-bond donors (Lipinski definition) is 8. The Morgan fingerprint density at radius 3 is 2.33 bits per heavy atom. The van der Waals surface area contributed by atoms with E-state index in [1.807, 2.05) is 4.98 Å². The molecule has 18 heteroatoms. The van der Waals surface area contributed by atoms with Crippen LogP contribution in [0.4, 0.5) is 0 Å². The first kappa shape index (κ1) is 28.0. The van der Waals surface area contributed by atoms with Crippen LogP contribution >= 0.6 is 15.6 Å². The molecule has 1 fully saturated rings. The summed E-state index contributed by atoms with van der Waals surface area (Å²) in [4.78, 5) is 50.7. The number of aliphatic hydroxyl groups excluding tert-OH is 1. The summed E-state index contributed by atoms with van der Waals surface area (Å²) in [7, 11) is -10.3. The molecule has 2 rings (SSSR count). The second-order valence-electron chi connectivity index (χ2n) is 4.79. The first-order chi connectivity index (χ1) is 11.0. The van der Waals surface area contributed by atoms with Gasteiger partial charge in [0.15, 0.2) is 0 Å². The molecule has 4 atom stereocenters. The predicted molar refractivity (Wildman–Crippen MR) is 92.7 cm³/mol. The molecule has 0 spiro atoms. The van der Waals surface area contributed by atoms with E-state index in [9.17, 15) is 23.8 Å². The van der Waals surface area contributed by atoms with Gasteiger partial charge in [-0.3, -0.25) is 18.9 Å². The Labute approximate surface area is 151 Å². The predicted octanol–water partition coefficient (Wildman–Crippen LogP) is -0.460. The number of phosphoric acid groups is 2. The van der Waals surface area contributed by atoms with Gasteiger partial charge in [-0.1, -0.05) is 0 Å². The Morgan fingerprint density at radius 2 is 1.81 bits per heavy atom. The number of nitrogens with zero attached hydrogens (tertiary/aromatic N) is 1. The van der Waals surface area contributed by atoms with Gasteiger partial charge in [0, 0.05) is 18.7 Å². The molecule has 2 heterocycles. The first-order valence-electron chi connectivity index (χ1n) is 6.36. The molecule has 1 saturated heterocycles. The fourth-order valence-electron chi connectivity index (χ4n) is 2.02. The Bertz CT molecular complexity index is 806. The second-order valence-corrected chi connectivity index (χ2v) is 7.62. The Hall–Kier alpha value is -1.26. The highest BCUT2D eigenvalue weighted by Crippen LogP contribution is 2.57. The molecule has 1 aromatic heterocycles. The molecule has 1 unspecified atom stereocenters. The minimum atomic E-state index is -5.26. The van der Waals surface area contributed by atoms with E-state index in [0.717, 1.165) is 16.8 Å². The van der Waals surface area contributed by atoms with E-state index in [4.69, 9.17) is 19.4 Å². The molecule has 1 aromatic rings. The largest absolute Gasteiger partial charge is 0.481 e. The van der Waals surface area contributed by atoms with E-state index < -0.39 is 51.9 Å². The van der Waals surface area contributed by atoms with Gasteiger partial charge < -0.3 is 43.0 Å². The third kappa shape index (κ3) is 8.10. The molecule has 1 aliphatic heterocycles. The lowest BCUT2D eigenvalue weighted by Gasteiger charge is -2.18. The third-order valence-corrected chi connectivity index (χ3v) is 5.13. The molecule has 17 N–H and O–H groups in total. The van der Waals surface area contributed by atoms with Gasteiger partial charge in [0.05, 0.1) is 12.7 Å². The van der Waals surface area contributed by atoms with Crippen molar-refractivity contribution in [1.29, 1.82) is 0 Å². The smallest absolute Gasteiger partial charge is 0.390 e. The molecule has 0 aromatic carbocycles. The second kappa shape index (κ2) is 10.3. The SMILES string of the molecule is O=c1cc[15n]([C@H]2C[C@H](O)[C@@H](COP(=O)(O)OP(=O)(O)O)O2)[13c](=O)[15nH]1.[NH4+].[NH4+].[NH4+]. The molecule has 27 heavy (non-hydrogen) atoms. The van der Waals surface area contributed by atoms with Crippen molar-refractivity contribution in [2.75, 3.05) is 6.61 Å². The number of aliphatic hydroxyl groups is 1. The van der Waals surface area contributed by atoms with Crippen molar-refractivity contribution < 1.29 is 42.5 Å². The van der Waals surface area contributed by atoms with Crippen molar-refractivity contribution in [3.05, 3.63) is 33.1 Å². The van der Waals surface area contributed by atoms with Gasteiger partial charge in [0.25, 0.3) is 5.56 Å². The summed E-state index contributed by atoms with van der Waals surface area (Å²) >= 11 is 0. The Kier molecular flexibility index (Phi) is 10.7. The summed E-state index contributed by atoms with van der Waals surface area (Å²) in [6.07, 6.45) is -2.29. The fourth-order valence-corrected chi connectivity index (χ4v) is 3.61. The van der Waals surface area contributed by atoms with Crippen molar-refractivity contribution in [2.45, 2.75) is 24.9 Å². The first-order valence-corrected chi connectivity index (χ1v) is 9.39. The highest BCUT2D eigenvalue weighted by Gasteiger charge is 2.39. The monoisotopic (exact) mass is 445 g/mol. The minimum Gasteiger partial charge on any atom is -0.390 e. The Morgan fingerprint density at radius 1 is 1.22 bits per heavy atom. The van der Waals surface area contributed by atoms with Gasteiger partial charge in [-0.2, -0.15) is 4.31 Å². The van der Waals surface area contributed by atoms with Crippen LogP contribution in [0.25, 0.3) is 0 Å². The number of ether oxygens (including phenoxy) is 1. The van der Waals surface area contributed by atoms with Crippen LogP contribution in [-0.4, -0.2) is 48.2 Å². The topological polar surface area (TPSA) is 307 Å². The number of hydrogen-bond acceptors (Lipinski definition) is 8. The number of rotatable bonds is 6. The molecule has 16 nitrogen and oxygen atoms in total. The van der Waals surface area contributed by atoms with E-state index in [2.05, 4.69) is 8.83 Å². The summed E-state index contributed by atoms with van der Waals surface area (Å²) in [5.41, 5.74) is -1.40. The van der Waals surface area contributed by atoms with Gasteiger partial charge >= 0.3 is 21.3 Å². The molecule has 1 aliphatic rings. The maximum absolute atomic E-state index is 11.6. The maximum atomic E-state index is 11.6. The molecule has 0 saturated carbocycles. The van der Waals surface area contributed by atoms with Crippen LogP contribution in [0.3, 0.4) is 0 Å². The number of phosphoric ester groups is 1. The lowest BCUT2D eigenvalue weighted by molar-refractivity contribution is -0.0450. The third-order valence-electron chi connectivity index (χ3n) is 2.98. The van der Waals surface area contributed by atoms with Crippen LogP contribution in [0, 0.1) is 0 Å². The van der Waals surface area contributed by atoms with E-state index in [0.29, 0.717) is 0 Å². The summed E-state index contributed by atoms with van der Waals surface area (Å²) in [5.74, 6) is 0. The Balaban J connectivity index is 0.